The summed E-state index contributed by atoms with van der Waals surface area (Å²) in [5, 5.41) is 0. The van der Waals surface area contributed by atoms with E-state index in [-0.39, 0.29) is 12.0 Å². The lowest BCUT2D eigenvalue weighted by Crippen LogP contribution is -2.41. The fourth-order valence-electron chi connectivity index (χ4n) is 3.26. The Balaban J connectivity index is 1.57. The van der Waals surface area contributed by atoms with Crippen molar-refractivity contribution in [3.8, 4) is 5.75 Å². The van der Waals surface area contributed by atoms with Gasteiger partial charge in [-0.15, -0.1) is 0 Å². The second kappa shape index (κ2) is 10.1. The van der Waals surface area contributed by atoms with E-state index in [1.165, 1.54) is 0 Å². The Labute approximate surface area is 161 Å². The maximum atomic E-state index is 13.0. The van der Waals surface area contributed by atoms with Crippen molar-refractivity contribution in [2.45, 2.75) is 32.0 Å². The molecule has 1 amide bonds. The van der Waals surface area contributed by atoms with Gasteiger partial charge in [-0.05, 0) is 44.0 Å². The van der Waals surface area contributed by atoms with E-state index in [0.29, 0.717) is 19.8 Å². The molecule has 1 saturated heterocycles. The van der Waals surface area contributed by atoms with Crippen molar-refractivity contribution in [1.82, 2.24) is 4.90 Å². The second-order valence-electron chi connectivity index (χ2n) is 6.76. The largest absolute Gasteiger partial charge is 0.489 e. The highest BCUT2D eigenvalue weighted by Crippen LogP contribution is 2.20. The van der Waals surface area contributed by atoms with Crippen molar-refractivity contribution in [3.05, 3.63) is 65.7 Å². The molecule has 5 heteroatoms. The van der Waals surface area contributed by atoms with E-state index in [9.17, 15) is 4.79 Å². The number of ether oxygens (including phenoxy) is 2. The van der Waals surface area contributed by atoms with Gasteiger partial charge in [-0.1, -0.05) is 36.4 Å². The molecule has 5 nitrogen and oxygen atoms in total. The SMILES string of the molecule is NCCCOC1CCN(C(=O)c2ccccc2COc2ccccc2)CC1. The van der Waals surface area contributed by atoms with Crippen LogP contribution in [0.25, 0.3) is 0 Å². The van der Waals surface area contributed by atoms with Gasteiger partial charge >= 0.3 is 0 Å². The van der Waals surface area contributed by atoms with Crippen LogP contribution in [0.4, 0.5) is 0 Å². The van der Waals surface area contributed by atoms with Gasteiger partial charge in [0, 0.05) is 30.8 Å². The molecule has 2 aromatic rings. The molecular weight excluding hydrogens is 340 g/mol. The van der Waals surface area contributed by atoms with Crippen molar-refractivity contribution < 1.29 is 14.3 Å². The van der Waals surface area contributed by atoms with E-state index < -0.39 is 0 Å². The molecular formula is C22H28N2O3. The maximum Gasteiger partial charge on any atom is 0.254 e. The van der Waals surface area contributed by atoms with Crippen LogP contribution in [0.5, 0.6) is 5.75 Å². The van der Waals surface area contributed by atoms with Crippen molar-refractivity contribution in [1.29, 1.82) is 0 Å². The average molecular weight is 368 g/mol. The van der Waals surface area contributed by atoms with Gasteiger partial charge < -0.3 is 20.1 Å². The Hall–Kier alpha value is -2.37. The number of carbonyl (C=O) groups is 1. The van der Waals surface area contributed by atoms with Crippen molar-refractivity contribution in [2.24, 2.45) is 5.73 Å². The fraction of sp³-hybridized carbons (Fsp3) is 0.409. The smallest absolute Gasteiger partial charge is 0.254 e. The number of hydrogen-bond acceptors (Lipinski definition) is 4. The summed E-state index contributed by atoms with van der Waals surface area (Å²) in [6.07, 6.45) is 2.86. The highest BCUT2D eigenvalue weighted by atomic mass is 16.5. The summed E-state index contributed by atoms with van der Waals surface area (Å²) in [4.78, 5) is 14.9. The molecule has 1 heterocycles. The van der Waals surface area contributed by atoms with Crippen LogP contribution in [-0.2, 0) is 11.3 Å². The lowest BCUT2D eigenvalue weighted by atomic mass is 10.0. The lowest BCUT2D eigenvalue weighted by molar-refractivity contribution is 0.00839. The van der Waals surface area contributed by atoms with E-state index in [0.717, 1.165) is 49.2 Å². The van der Waals surface area contributed by atoms with Gasteiger partial charge in [0.15, 0.2) is 0 Å². The zero-order chi connectivity index (χ0) is 18.9. The summed E-state index contributed by atoms with van der Waals surface area (Å²) in [5.74, 6) is 0.873. The molecule has 2 N–H and O–H groups in total. The molecule has 0 spiro atoms. The fourth-order valence-corrected chi connectivity index (χ4v) is 3.26. The van der Waals surface area contributed by atoms with Crippen LogP contribution >= 0.6 is 0 Å². The van der Waals surface area contributed by atoms with E-state index >= 15 is 0 Å². The number of benzene rings is 2. The lowest BCUT2D eigenvalue weighted by Gasteiger charge is -2.32. The first kappa shape index (κ1) is 19.4. The standard InChI is InChI=1S/C22H28N2O3/c23-13-6-16-26-20-11-14-24(15-12-20)22(25)21-10-5-4-7-18(21)17-27-19-8-2-1-3-9-19/h1-5,7-10,20H,6,11-17,23H2. The Morgan fingerprint density at radius 2 is 1.74 bits per heavy atom. The van der Waals surface area contributed by atoms with Crippen molar-refractivity contribution in [3.63, 3.8) is 0 Å². The number of carbonyl (C=O) groups excluding carboxylic acids is 1. The Morgan fingerprint density at radius 1 is 1.04 bits per heavy atom. The number of amides is 1. The average Bonchev–Trinajstić information content (AvgIpc) is 2.73. The van der Waals surface area contributed by atoms with Crippen LogP contribution in [0, 0.1) is 0 Å². The van der Waals surface area contributed by atoms with Gasteiger partial charge in [0.2, 0.25) is 0 Å². The minimum absolute atomic E-state index is 0.0719. The third-order valence-electron chi connectivity index (χ3n) is 4.82. The molecule has 2 aromatic carbocycles. The Bertz CT molecular complexity index is 713. The number of nitrogens with two attached hydrogens (primary N) is 1. The van der Waals surface area contributed by atoms with Gasteiger partial charge in [0.25, 0.3) is 5.91 Å². The third kappa shape index (κ3) is 5.55. The molecule has 27 heavy (non-hydrogen) atoms. The molecule has 0 bridgehead atoms. The minimum Gasteiger partial charge on any atom is -0.489 e. The maximum absolute atomic E-state index is 13.0. The molecule has 0 radical (unpaired) electrons. The van der Waals surface area contributed by atoms with E-state index in [1.807, 2.05) is 59.5 Å². The summed E-state index contributed by atoms with van der Waals surface area (Å²) in [5.41, 5.74) is 7.13. The normalized spacial score (nSPS) is 14.9. The van der Waals surface area contributed by atoms with Crippen LogP contribution in [0.15, 0.2) is 54.6 Å². The Morgan fingerprint density at radius 3 is 2.48 bits per heavy atom. The minimum atomic E-state index is 0.0719. The highest BCUT2D eigenvalue weighted by molar-refractivity contribution is 5.95. The second-order valence-corrected chi connectivity index (χ2v) is 6.76. The summed E-state index contributed by atoms with van der Waals surface area (Å²) < 4.78 is 11.7. The third-order valence-corrected chi connectivity index (χ3v) is 4.82. The predicted molar refractivity (Wildman–Crippen MR) is 106 cm³/mol. The van der Waals surface area contributed by atoms with E-state index in [4.69, 9.17) is 15.2 Å². The highest BCUT2D eigenvalue weighted by Gasteiger charge is 2.25. The molecule has 1 fully saturated rings. The van der Waals surface area contributed by atoms with Crippen molar-refractivity contribution in [2.75, 3.05) is 26.2 Å². The summed E-state index contributed by atoms with van der Waals surface area (Å²) in [7, 11) is 0. The number of para-hydroxylation sites is 1. The first-order valence-electron chi connectivity index (χ1n) is 9.64. The molecule has 0 unspecified atom stereocenters. The van der Waals surface area contributed by atoms with Gasteiger partial charge in [0.1, 0.15) is 12.4 Å². The monoisotopic (exact) mass is 368 g/mol. The van der Waals surface area contributed by atoms with Gasteiger partial charge in [-0.25, -0.2) is 0 Å². The first-order valence-corrected chi connectivity index (χ1v) is 9.64. The summed E-state index contributed by atoms with van der Waals surface area (Å²) in [6.45, 7) is 3.18. The molecule has 1 aliphatic heterocycles. The molecule has 0 saturated carbocycles. The number of hydrogen-bond donors (Lipinski definition) is 1. The number of rotatable bonds is 8. The number of piperidine rings is 1. The first-order chi connectivity index (χ1) is 13.3. The van der Waals surface area contributed by atoms with Gasteiger partial charge in [0.05, 0.1) is 6.10 Å². The van der Waals surface area contributed by atoms with Crippen LogP contribution in [0.2, 0.25) is 0 Å². The molecule has 0 atom stereocenters. The van der Waals surface area contributed by atoms with Crippen LogP contribution < -0.4 is 10.5 Å². The van der Waals surface area contributed by atoms with E-state index in [2.05, 4.69) is 0 Å². The zero-order valence-corrected chi connectivity index (χ0v) is 15.7. The molecule has 1 aliphatic rings. The number of likely N-dealkylation sites (tertiary alicyclic amines) is 1. The molecule has 0 aromatic heterocycles. The van der Waals surface area contributed by atoms with Crippen LogP contribution in [0.1, 0.15) is 35.2 Å². The predicted octanol–water partition coefficient (Wildman–Crippen LogP) is 3.24. The topological polar surface area (TPSA) is 64.8 Å². The molecule has 3 rings (SSSR count). The Kier molecular flexibility index (Phi) is 7.25. The van der Waals surface area contributed by atoms with Crippen LogP contribution in [0.3, 0.4) is 0 Å². The van der Waals surface area contributed by atoms with Gasteiger partial charge in [-0.2, -0.15) is 0 Å². The summed E-state index contributed by atoms with van der Waals surface area (Å²) >= 11 is 0. The molecule has 144 valence electrons. The summed E-state index contributed by atoms with van der Waals surface area (Å²) in [6, 6.07) is 17.3. The van der Waals surface area contributed by atoms with Crippen molar-refractivity contribution >= 4 is 5.91 Å². The quantitative estimate of drug-likeness (QED) is 0.727. The van der Waals surface area contributed by atoms with Gasteiger partial charge in [-0.3, -0.25) is 4.79 Å². The zero-order valence-electron chi connectivity index (χ0n) is 15.7. The molecule has 0 aliphatic carbocycles. The van der Waals surface area contributed by atoms with Crippen LogP contribution in [-0.4, -0.2) is 43.2 Å². The van der Waals surface area contributed by atoms with E-state index in [1.54, 1.807) is 0 Å². The number of nitrogens with zero attached hydrogens (tertiary/aromatic N) is 1.